The Labute approximate surface area is 175 Å². The van der Waals surface area contributed by atoms with E-state index in [1.54, 1.807) is 36.4 Å². The Morgan fingerprint density at radius 3 is 2.33 bits per heavy atom. The molecule has 2 N–H and O–H groups in total. The van der Waals surface area contributed by atoms with Crippen LogP contribution in [0.4, 0.5) is 19.6 Å². The summed E-state index contributed by atoms with van der Waals surface area (Å²) in [5.41, 5.74) is 2.86. The lowest BCUT2D eigenvalue weighted by Crippen LogP contribution is -2.14. The van der Waals surface area contributed by atoms with Crippen LogP contribution in [-0.2, 0) is 16.0 Å². The van der Waals surface area contributed by atoms with E-state index in [9.17, 15) is 18.4 Å². The van der Waals surface area contributed by atoms with Gasteiger partial charge in [-0.15, -0.1) is 11.3 Å². The van der Waals surface area contributed by atoms with Gasteiger partial charge in [0.1, 0.15) is 5.75 Å². The second-order valence-electron chi connectivity index (χ2n) is 6.43. The van der Waals surface area contributed by atoms with Crippen molar-refractivity contribution in [2.24, 2.45) is 0 Å². The summed E-state index contributed by atoms with van der Waals surface area (Å²) in [5, 5.41) is 5.90. The molecule has 0 saturated heterocycles. The van der Waals surface area contributed by atoms with Gasteiger partial charge in [-0.05, 0) is 48.9 Å². The molecule has 156 valence electrons. The first-order chi connectivity index (χ1) is 14.3. The molecule has 2 aromatic carbocycles. The molecule has 3 aromatic rings. The third kappa shape index (κ3) is 5.84. The minimum absolute atomic E-state index is 0.0691. The highest BCUT2D eigenvalue weighted by atomic mass is 32.1. The summed E-state index contributed by atoms with van der Waals surface area (Å²) in [5.74, 6) is -0.311. The Kier molecular flexibility index (Phi) is 6.73. The van der Waals surface area contributed by atoms with Crippen LogP contribution >= 0.6 is 11.3 Å². The van der Waals surface area contributed by atoms with Crippen molar-refractivity contribution in [2.75, 3.05) is 10.6 Å². The lowest BCUT2D eigenvalue weighted by molar-refractivity contribution is -0.116. The number of nitrogens with zero attached hydrogens (tertiary/aromatic N) is 1. The van der Waals surface area contributed by atoms with E-state index < -0.39 is 6.61 Å². The van der Waals surface area contributed by atoms with Crippen molar-refractivity contribution in [2.45, 2.75) is 26.9 Å². The van der Waals surface area contributed by atoms with E-state index in [4.69, 9.17) is 0 Å². The third-order valence-corrected chi connectivity index (χ3v) is 4.92. The molecule has 3 rings (SSSR count). The van der Waals surface area contributed by atoms with Gasteiger partial charge in [-0.3, -0.25) is 9.59 Å². The number of nitrogens with one attached hydrogen (secondary N) is 2. The molecule has 0 aliphatic rings. The van der Waals surface area contributed by atoms with E-state index in [-0.39, 0.29) is 24.0 Å². The monoisotopic (exact) mass is 431 g/mol. The average Bonchev–Trinajstić information content (AvgIpc) is 3.03. The van der Waals surface area contributed by atoms with Crippen LogP contribution in [0.25, 0.3) is 11.3 Å². The first-order valence-electron chi connectivity index (χ1n) is 8.99. The van der Waals surface area contributed by atoms with Crippen LogP contribution in [0.15, 0.2) is 48.5 Å². The number of halogens is 2. The van der Waals surface area contributed by atoms with E-state index in [1.807, 2.05) is 6.92 Å². The first-order valence-corrected chi connectivity index (χ1v) is 9.81. The van der Waals surface area contributed by atoms with Crippen molar-refractivity contribution in [1.29, 1.82) is 0 Å². The summed E-state index contributed by atoms with van der Waals surface area (Å²) in [6.45, 7) is 0.421. The largest absolute Gasteiger partial charge is 0.435 e. The number of aromatic nitrogens is 1. The predicted molar refractivity (Wildman–Crippen MR) is 112 cm³/mol. The molecule has 0 saturated carbocycles. The SMILES string of the molecule is CC(=O)Nc1ccc(CC(=O)Nc2nc(-c3ccc(OC(F)F)cc3)c(C)s2)cc1. The van der Waals surface area contributed by atoms with Gasteiger partial charge in [0.2, 0.25) is 11.8 Å². The maximum absolute atomic E-state index is 12.3. The first kappa shape index (κ1) is 21.4. The summed E-state index contributed by atoms with van der Waals surface area (Å²) >= 11 is 1.33. The molecule has 0 aliphatic heterocycles. The quantitative estimate of drug-likeness (QED) is 0.560. The zero-order valence-corrected chi connectivity index (χ0v) is 17.1. The number of hydrogen-bond acceptors (Lipinski definition) is 5. The van der Waals surface area contributed by atoms with Gasteiger partial charge in [0, 0.05) is 23.1 Å². The Balaban J connectivity index is 1.63. The predicted octanol–water partition coefficient (Wildman–Crippen LogP) is 4.86. The topological polar surface area (TPSA) is 80.3 Å². The summed E-state index contributed by atoms with van der Waals surface area (Å²) in [6.07, 6.45) is 0.161. The Morgan fingerprint density at radius 2 is 1.73 bits per heavy atom. The number of anilines is 2. The zero-order valence-electron chi connectivity index (χ0n) is 16.2. The van der Waals surface area contributed by atoms with E-state index in [2.05, 4.69) is 20.4 Å². The Hall–Kier alpha value is -3.33. The van der Waals surface area contributed by atoms with Crippen molar-refractivity contribution >= 4 is 34.0 Å². The third-order valence-electron chi connectivity index (χ3n) is 4.03. The van der Waals surface area contributed by atoms with Crippen LogP contribution in [0.3, 0.4) is 0 Å². The van der Waals surface area contributed by atoms with E-state index >= 15 is 0 Å². The van der Waals surface area contributed by atoms with Crippen molar-refractivity contribution in [3.63, 3.8) is 0 Å². The zero-order chi connectivity index (χ0) is 21.7. The van der Waals surface area contributed by atoms with Crippen molar-refractivity contribution in [3.8, 4) is 17.0 Å². The molecule has 1 aromatic heterocycles. The van der Waals surface area contributed by atoms with Gasteiger partial charge < -0.3 is 15.4 Å². The number of carbonyl (C=O) groups is 2. The molecule has 9 heteroatoms. The number of amides is 2. The van der Waals surface area contributed by atoms with Gasteiger partial charge in [0.05, 0.1) is 12.1 Å². The molecule has 0 fully saturated rings. The molecule has 0 unspecified atom stereocenters. The number of hydrogen-bond donors (Lipinski definition) is 2. The van der Waals surface area contributed by atoms with Crippen LogP contribution in [-0.4, -0.2) is 23.4 Å². The van der Waals surface area contributed by atoms with Gasteiger partial charge in [-0.25, -0.2) is 4.98 Å². The lowest BCUT2D eigenvalue weighted by Gasteiger charge is -2.05. The summed E-state index contributed by atoms with van der Waals surface area (Å²) in [4.78, 5) is 28.7. The standard InChI is InChI=1S/C21H19F2N3O3S/c1-12-19(15-5-9-17(10-6-15)29-20(22)23)26-21(30-12)25-18(28)11-14-3-7-16(8-4-14)24-13(2)27/h3-10,20H,11H2,1-2H3,(H,24,27)(H,25,26,28). The van der Waals surface area contributed by atoms with Gasteiger partial charge >= 0.3 is 6.61 Å². The number of ether oxygens (including phenoxy) is 1. The molecule has 1 heterocycles. The van der Waals surface area contributed by atoms with E-state index in [1.165, 1.54) is 30.4 Å². The molecule has 0 spiro atoms. The maximum Gasteiger partial charge on any atom is 0.387 e. The maximum atomic E-state index is 12.3. The molecule has 6 nitrogen and oxygen atoms in total. The Bertz CT molecular complexity index is 1030. The second kappa shape index (κ2) is 9.45. The molecule has 0 bridgehead atoms. The highest BCUT2D eigenvalue weighted by molar-refractivity contribution is 7.16. The fraction of sp³-hybridized carbons (Fsp3) is 0.190. The minimum Gasteiger partial charge on any atom is -0.435 e. The average molecular weight is 431 g/mol. The molecule has 2 amide bonds. The fourth-order valence-corrected chi connectivity index (χ4v) is 3.62. The van der Waals surface area contributed by atoms with Crippen LogP contribution in [0.1, 0.15) is 17.4 Å². The van der Waals surface area contributed by atoms with Crippen molar-refractivity contribution in [1.82, 2.24) is 4.98 Å². The van der Waals surface area contributed by atoms with Crippen molar-refractivity contribution < 1.29 is 23.1 Å². The number of carbonyl (C=O) groups excluding carboxylic acids is 2. The highest BCUT2D eigenvalue weighted by Gasteiger charge is 2.13. The van der Waals surface area contributed by atoms with Crippen LogP contribution in [0.5, 0.6) is 5.75 Å². The van der Waals surface area contributed by atoms with Crippen LogP contribution in [0, 0.1) is 6.92 Å². The molecule has 0 atom stereocenters. The molecule has 30 heavy (non-hydrogen) atoms. The van der Waals surface area contributed by atoms with Crippen molar-refractivity contribution in [3.05, 3.63) is 59.0 Å². The van der Waals surface area contributed by atoms with Gasteiger partial charge in [0.15, 0.2) is 5.13 Å². The molecule has 0 aliphatic carbocycles. The van der Waals surface area contributed by atoms with Crippen LogP contribution < -0.4 is 15.4 Å². The van der Waals surface area contributed by atoms with E-state index in [0.717, 1.165) is 16.0 Å². The Morgan fingerprint density at radius 1 is 1.07 bits per heavy atom. The van der Waals surface area contributed by atoms with Gasteiger partial charge in [-0.1, -0.05) is 12.1 Å². The summed E-state index contributed by atoms with van der Waals surface area (Å²) in [7, 11) is 0. The van der Waals surface area contributed by atoms with E-state index in [0.29, 0.717) is 16.5 Å². The van der Waals surface area contributed by atoms with Crippen LogP contribution in [0.2, 0.25) is 0 Å². The lowest BCUT2D eigenvalue weighted by atomic mass is 10.1. The summed E-state index contributed by atoms with van der Waals surface area (Å²) in [6, 6.07) is 13.2. The van der Waals surface area contributed by atoms with Gasteiger partial charge in [0.25, 0.3) is 0 Å². The fourth-order valence-electron chi connectivity index (χ4n) is 2.77. The van der Waals surface area contributed by atoms with Gasteiger partial charge in [-0.2, -0.15) is 8.78 Å². The smallest absolute Gasteiger partial charge is 0.387 e. The number of thiazole rings is 1. The number of alkyl halides is 2. The molecule has 0 radical (unpaired) electrons. The summed E-state index contributed by atoms with van der Waals surface area (Å²) < 4.78 is 28.9. The second-order valence-corrected chi connectivity index (χ2v) is 7.63. The minimum atomic E-state index is -2.87. The highest BCUT2D eigenvalue weighted by Crippen LogP contribution is 2.31. The normalized spacial score (nSPS) is 10.7. The molecular weight excluding hydrogens is 412 g/mol. The number of rotatable bonds is 7. The molecular formula is C21H19F2N3O3S. The number of aryl methyl sites for hydroxylation is 1. The number of benzene rings is 2.